The number of hydrogen-bond acceptors (Lipinski definition) is 1. The molecule has 3 rings (SSSR count). The zero-order valence-corrected chi connectivity index (χ0v) is 19.2. The highest BCUT2D eigenvalue weighted by atomic mass is 19.4. The van der Waals surface area contributed by atoms with Crippen LogP contribution in [0.15, 0.2) is 73.3 Å². The lowest BCUT2D eigenvalue weighted by Crippen LogP contribution is -2.13. The van der Waals surface area contributed by atoms with Gasteiger partial charge in [0, 0.05) is 5.56 Å². The molecule has 1 aliphatic rings. The molecule has 0 aliphatic heterocycles. The van der Waals surface area contributed by atoms with Crippen LogP contribution in [0.25, 0.3) is 16.7 Å². The maximum Gasteiger partial charge on any atom is 0.573 e. The van der Waals surface area contributed by atoms with Crippen LogP contribution in [-0.2, 0) is 4.74 Å². The maximum absolute atomic E-state index is 14.7. The van der Waals surface area contributed by atoms with Gasteiger partial charge in [-0.2, -0.15) is 0 Å². The van der Waals surface area contributed by atoms with E-state index < -0.39 is 23.8 Å². The zero-order chi connectivity index (χ0) is 24.9. The van der Waals surface area contributed by atoms with E-state index in [9.17, 15) is 22.0 Å². The molecule has 0 atom stereocenters. The summed E-state index contributed by atoms with van der Waals surface area (Å²) in [7, 11) is 0. The van der Waals surface area contributed by atoms with E-state index in [0.717, 1.165) is 11.5 Å². The van der Waals surface area contributed by atoms with E-state index in [2.05, 4.69) is 37.0 Å². The topological polar surface area (TPSA) is 9.23 Å². The fourth-order valence-electron chi connectivity index (χ4n) is 4.60. The van der Waals surface area contributed by atoms with Gasteiger partial charge >= 0.3 is 6.36 Å². The molecular formula is C28H29F5O. The summed E-state index contributed by atoms with van der Waals surface area (Å²) in [5, 5.41) is 0. The number of allylic oxidation sites excluding steroid dienone is 3. The molecule has 2 aromatic carbocycles. The first-order valence-corrected chi connectivity index (χ1v) is 11.5. The quantitative estimate of drug-likeness (QED) is 0.209. The Bertz CT molecular complexity index is 1040. The molecule has 1 saturated carbocycles. The highest BCUT2D eigenvalue weighted by molar-refractivity contribution is 5.76. The van der Waals surface area contributed by atoms with Crippen molar-refractivity contribution >= 4 is 5.57 Å². The molecule has 1 fully saturated rings. The van der Waals surface area contributed by atoms with Crippen molar-refractivity contribution in [3.8, 4) is 11.1 Å². The summed E-state index contributed by atoms with van der Waals surface area (Å²) in [5.41, 5.74) is 2.61. The first kappa shape index (κ1) is 25.7. The lowest BCUT2D eigenvalue weighted by molar-refractivity contribution is -0.304. The van der Waals surface area contributed by atoms with E-state index in [0.29, 0.717) is 17.6 Å². The molecule has 182 valence electrons. The Hall–Kier alpha value is -2.89. The van der Waals surface area contributed by atoms with Gasteiger partial charge in [-0.25, -0.2) is 8.78 Å². The lowest BCUT2D eigenvalue weighted by atomic mass is 9.77. The van der Waals surface area contributed by atoms with Crippen molar-refractivity contribution in [2.24, 2.45) is 5.92 Å². The van der Waals surface area contributed by atoms with Crippen LogP contribution >= 0.6 is 0 Å². The second-order valence-corrected chi connectivity index (χ2v) is 8.81. The number of alkyl halides is 3. The Balaban J connectivity index is 1.68. The Kier molecular flexibility index (Phi) is 8.34. The number of halogens is 5. The molecule has 0 spiro atoms. The summed E-state index contributed by atoms with van der Waals surface area (Å²) < 4.78 is 68.8. The van der Waals surface area contributed by atoms with Gasteiger partial charge in [0.2, 0.25) is 0 Å². The summed E-state index contributed by atoms with van der Waals surface area (Å²) in [6.07, 6.45) is 3.05. The van der Waals surface area contributed by atoms with Gasteiger partial charge in [0.05, 0.1) is 0 Å². The number of rotatable bonds is 8. The molecule has 0 aromatic heterocycles. The SMILES string of the molecule is C=C(OC(F)(F)F)/C(F)=C\C(=C)c1ccc(-c2ccc(C3CCC(CCC)CC3)cc2)cc1F. The van der Waals surface area contributed by atoms with Crippen LogP contribution in [0.3, 0.4) is 0 Å². The Morgan fingerprint density at radius 3 is 2.18 bits per heavy atom. The van der Waals surface area contributed by atoms with Crippen LogP contribution in [0, 0.1) is 11.7 Å². The zero-order valence-electron chi connectivity index (χ0n) is 19.2. The summed E-state index contributed by atoms with van der Waals surface area (Å²) in [6.45, 7) is 8.68. The van der Waals surface area contributed by atoms with Gasteiger partial charge in [0.1, 0.15) is 5.82 Å². The predicted molar refractivity (Wildman–Crippen MR) is 126 cm³/mol. The summed E-state index contributed by atoms with van der Waals surface area (Å²) >= 11 is 0. The molecule has 1 nitrogen and oxygen atoms in total. The average Bonchev–Trinajstić information content (AvgIpc) is 2.78. The second-order valence-electron chi connectivity index (χ2n) is 8.81. The van der Waals surface area contributed by atoms with Gasteiger partial charge in [-0.3, -0.25) is 0 Å². The van der Waals surface area contributed by atoms with E-state index in [1.807, 2.05) is 12.1 Å². The van der Waals surface area contributed by atoms with Gasteiger partial charge < -0.3 is 4.74 Å². The molecule has 2 aromatic rings. The minimum atomic E-state index is -5.07. The highest BCUT2D eigenvalue weighted by Crippen LogP contribution is 2.38. The average molecular weight is 477 g/mol. The van der Waals surface area contributed by atoms with Crippen molar-refractivity contribution in [1.29, 1.82) is 0 Å². The third-order valence-corrected chi connectivity index (χ3v) is 6.38. The standard InChI is InChI=1S/C28H29F5O/c1-4-5-20-6-8-21(9-7-20)22-10-12-23(13-11-22)24-14-15-25(27(30)17-24)18(2)16-26(29)19(3)34-28(31,32)33/h10-17,20-21H,2-9H2,1H3/b26-16+. The molecule has 0 radical (unpaired) electrons. The van der Waals surface area contributed by atoms with Crippen molar-refractivity contribution < 1.29 is 26.7 Å². The fraction of sp³-hybridized carbons (Fsp3) is 0.357. The maximum atomic E-state index is 14.7. The lowest BCUT2D eigenvalue weighted by Gasteiger charge is -2.28. The van der Waals surface area contributed by atoms with Gasteiger partial charge in [-0.1, -0.05) is 69.3 Å². The van der Waals surface area contributed by atoms with Crippen molar-refractivity contribution in [3.05, 3.63) is 90.2 Å². The predicted octanol–water partition coefficient (Wildman–Crippen LogP) is 9.48. The minimum absolute atomic E-state index is 0.0285. The Labute approximate surface area is 197 Å². The van der Waals surface area contributed by atoms with E-state index in [-0.39, 0.29) is 11.1 Å². The van der Waals surface area contributed by atoms with Crippen molar-refractivity contribution in [2.45, 2.75) is 57.7 Å². The van der Waals surface area contributed by atoms with Gasteiger partial charge in [0.15, 0.2) is 11.6 Å². The summed E-state index contributed by atoms with van der Waals surface area (Å²) in [5.74, 6) is -1.86. The Morgan fingerprint density at radius 1 is 1.00 bits per heavy atom. The first-order chi connectivity index (χ1) is 16.1. The van der Waals surface area contributed by atoms with Crippen LogP contribution in [0.1, 0.15) is 62.5 Å². The minimum Gasteiger partial charge on any atom is -0.403 e. The summed E-state index contributed by atoms with van der Waals surface area (Å²) in [4.78, 5) is 0. The Morgan fingerprint density at radius 2 is 1.62 bits per heavy atom. The molecule has 0 N–H and O–H groups in total. The molecule has 0 heterocycles. The fourth-order valence-corrected chi connectivity index (χ4v) is 4.60. The summed E-state index contributed by atoms with van der Waals surface area (Å²) in [6, 6.07) is 12.5. The van der Waals surface area contributed by atoms with E-state index in [1.54, 1.807) is 6.07 Å². The molecule has 0 unspecified atom stereocenters. The number of hydrogen-bond donors (Lipinski definition) is 0. The third kappa shape index (κ3) is 6.81. The second kappa shape index (κ2) is 11.0. The highest BCUT2D eigenvalue weighted by Gasteiger charge is 2.32. The molecule has 0 amide bonds. The van der Waals surface area contributed by atoms with E-state index in [1.165, 1.54) is 56.2 Å². The molecule has 34 heavy (non-hydrogen) atoms. The first-order valence-electron chi connectivity index (χ1n) is 11.5. The van der Waals surface area contributed by atoms with Crippen LogP contribution in [0.2, 0.25) is 0 Å². The van der Waals surface area contributed by atoms with Crippen LogP contribution in [-0.4, -0.2) is 6.36 Å². The smallest absolute Gasteiger partial charge is 0.403 e. The van der Waals surface area contributed by atoms with Crippen molar-refractivity contribution in [2.75, 3.05) is 0 Å². The van der Waals surface area contributed by atoms with Crippen molar-refractivity contribution in [1.82, 2.24) is 0 Å². The van der Waals surface area contributed by atoms with Gasteiger partial charge in [0.25, 0.3) is 0 Å². The van der Waals surface area contributed by atoms with E-state index in [4.69, 9.17) is 0 Å². The van der Waals surface area contributed by atoms with Gasteiger partial charge in [-0.15, -0.1) is 13.2 Å². The molecular weight excluding hydrogens is 447 g/mol. The number of benzene rings is 2. The molecule has 6 heteroatoms. The normalized spacial score (nSPS) is 19.1. The van der Waals surface area contributed by atoms with Crippen LogP contribution < -0.4 is 0 Å². The molecule has 0 bridgehead atoms. The van der Waals surface area contributed by atoms with Crippen LogP contribution in [0.4, 0.5) is 22.0 Å². The molecule has 0 saturated heterocycles. The van der Waals surface area contributed by atoms with Crippen LogP contribution in [0.5, 0.6) is 0 Å². The molecule has 1 aliphatic carbocycles. The largest absolute Gasteiger partial charge is 0.573 e. The third-order valence-electron chi connectivity index (χ3n) is 6.38. The van der Waals surface area contributed by atoms with Gasteiger partial charge in [-0.05, 0) is 71.9 Å². The number of ether oxygens (including phenoxy) is 1. The van der Waals surface area contributed by atoms with E-state index >= 15 is 0 Å². The monoisotopic (exact) mass is 476 g/mol. The van der Waals surface area contributed by atoms with Crippen molar-refractivity contribution in [3.63, 3.8) is 0 Å².